The van der Waals surface area contributed by atoms with Crippen molar-refractivity contribution < 1.29 is 0 Å². The number of nitrogens with zero attached hydrogens (tertiary/aromatic N) is 4. The summed E-state index contributed by atoms with van der Waals surface area (Å²) in [6.45, 7) is 14.3. The Bertz CT molecular complexity index is 2930. The topological polar surface area (TPSA) is 32.3 Å². The fraction of sp³-hybridized carbons (Fsp3) is 0.164. The summed E-state index contributed by atoms with van der Waals surface area (Å²) in [7, 11) is 0. The van der Waals surface area contributed by atoms with Gasteiger partial charge in [-0.2, -0.15) is 0 Å². The molecule has 4 heteroatoms. The first-order valence-corrected chi connectivity index (χ1v) is 20.8. The Morgan fingerprint density at radius 2 is 1.22 bits per heavy atom. The van der Waals surface area contributed by atoms with Gasteiger partial charge in [0.2, 0.25) is 0 Å². The van der Waals surface area contributed by atoms with Crippen LogP contribution in [-0.4, -0.2) is 9.97 Å². The molecule has 5 aromatic carbocycles. The van der Waals surface area contributed by atoms with Crippen molar-refractivity contribution in [2.24, 2.45) is 0 Å². The minimum Gasteiger partial charge on any atom is -0.313 e. The number of aromatic nitrogens is 2. The lowest BCUT2D eigenvalue weighted by Gasteiger charge is -2.32. The Hall–Kier alpha value is -6.78. The van der Waals surface area contributed by atoms with Gasteiger partial charge in [-0.1, -0.05) is 125 Å². The van der Waals surface area contributed by atoms with E-state index >= 15 is 0 Å². The molecule has 0 radical (unpaired) electrons. The van der Waals surface area contributed by atoms with E-state index in [-0.39, 0.29) is 10.8 Å². The molecule has 0 spiro atoms. The summed E-state index contributed by atoms with van der Waals surface area (Å²) in [4.78, 5) is 14.3. The molecule has 0 unspecified atom stereocenters. The number of anilines is 5. The molecule has 0 fully saturated rings. The minimum absolute atomic E-state index is 0.194. The van der Waals surface area contributed by atoms with Crippen molar-refractivity contribution in [1.29, 1.82) is 0 Å². The third-order valence-electron chi connectivity index (χ3n) is 12.7. The second-order valence-corrected chi connectivity index (χ2v) is 17.2. The van der Waals surface area contributed by atoms with Crippen LogP contribution in [0.5, 0.6) is 0 Å². The molecular weight excluding hydrogens is 717 g/mol. The van der Waals surface area contributed by atoms with E-state index in [1.165, 1.54) is 44.8 Å². The standard InChI is InChI=1S/C55H48N4/c1-37-34-48-44(43-27-25-41(36-49(43)55(48,4)5)59(39-18-10-7-11-19-39)53-30-33-57-51-23-15-13-21-46(51)53)28-31-54(2,3)47-35-40(24-26-42(37)47)58(38-16-8-6-9-17-38)52-29-32-56-50-22-14-12-20-45(50)52/h6-10,12-18,20-30,32-36H,1,11,19,31H2,2-5H3/b44-28-,48-34+. The van der Waals surface area contributed by atoms with Gasteiger partial charge in [0.15, 0.2) is 0 Å². The SMILES string of the molecule is C=C1/C=C2\C(=C/CC(C)(C)c3cc(N(c4ccccc4)c4ccnc5ccccc45)ccc31)c1ccc(N(C3=CC=CCC3)c3ccnc4ccccc34)cc1C2(C)C. The van der Waals surface area contributed by atoms with Gasteiger partial charge in [0, 0.05) is 51.3 Å². The van der Waals surface area contributed by atoms with Crippen molar-refractivity contribution in [2.75, 3.05) is 9.80 Å². The molecule has 59 heavy (non-hydrogen) atoms. The maximum absolute atomic E-state index is 4.81. The van der Waals surface area contributed by atoms with E-state index in [2.05, 4.69) is 195 Å². The van der Waals surface area contributed by atoms with E-state index in [1.54, 1.807) is 0 Å². The summed E-state index contributed by atoms with van der Waals surface area (Å²) in [5.74, 6) is 0. The van der Waals surface area contributed by atoms with E-state index in [0.717, 1.165) is 69.4 Å². The maximum atomic E-state index is 4.81. The lowest BCUT2D eigenvalue weighted by Crippen LogP contribution is -2.20. The van der Waals surface area contributed by atoms with Gasteiger partial charge in [-0.3, -0.25) is 9.97 Å². The highest BCUT2D eigenvalue weighted by Crippen LogP contribution is 2.54. The van der Waals surface area contributed by atoms with Crippen molar-refractivity contribution in [3.05, 3.63) is 210 Å². The number of pyridine rings is 2. The molecule has 0 atom stereocenters. The van der Waals surface area contributed by atoms with Crippen LogP contribution in [0.2, 0.25) is 0 Å². The Kier molecular flexibility index (Phi) is 8.83. The summed E-state index contributed by atoms with van der Waals surface area (Å²) in [6.07, 6.45) is 18.3. The van der Waals surface area contributed by atoms with Gasteiger partial charge in [0.25, 0.3) is 0 Å². The highest BCUT2D eigenvalue weighted by Gasteiger charge is 2.40. The molecule has 288 valence electrons. The van der Waals surface area contributed by atoms with Crippen LogP contribution in [0.3, 0.4) is 0 Å². The van der Waals surface area contributed by atoms with Crippen LogP contribution in [0.4, 0.5) is 28.4 Å². The van der Waals surface area contributed by atoms with Gasteiger partial charge in [0.05, 0.1) is 22.4 Å². The molecule has 7 aromatic rings. The predicted octanol–water partition coefficient (Wildman–Crippen LogP) is 14.6. The summed E-state index contributed by atoms with van der Waals surface area (Å²) >= 11 is 0. The largest absolute Gasteiger partial charge is 0.313 e. The van der Waals surface area contributed by atoms with Gasteiger partial charge in [-0.15, -0.1) is 0 Å². The second-order valence-electron chi connectivity index (χ2n) is 17.2. The first-order valence-electron chi connectivity index (χ1n) is 20.8. The molecule has 10 rings (SSSR count). The lowest BCUT2D eigenvalue weighted by atomic mass is 9.77. The zero-order chi connectivity index (χ0) is 40.3. The Morgan fingerprint density at radius 1 is 0.610 bits per heavy atom. The van der Waals surface area contributed by atoms with Gasteiger partial charge in [-0.05, 0) is 130 Å². The highest BCUT2D eigenvalue weighted by atomic mass is 15.2. The number of allylic oxidation sites excluding steroid dienone is 9. The molecule has 0 bridgehead atoms. The first-order chi connectivity index (χ1) is 28.7. The maximum Gasteiger partial charge on any atom is 0.0723 e. The molecule has 3 aliphatic rings. The van der Waals surface area contributed by atoms with E-state index < -0.39 is 0 Å². The zero-order valence-corrected chi connectivity index (χ0v) is 34.3. The molecule has 0 amide bonds. The lowest BCUT2D eigenvalue weighted by molar-refractivity contribution is 0.533. The summed E-state index contributed by atoms with van der Waals surface area (Å²) in [5, 5.41) is 2.26. The van der Waals surface area contributed by atoms with Crippen LogP contribution < -0.4 is 9.80 Å². The third-order valence-corrected chi connectivity index (χ3v) is 12.7. The molecule has 0 saturated heterocycles. The minimum atomic E-state index is -0.256. The number of hydrogen-bond acceptors (Lipinski definition) is 4. The molecule has 0 saturated carbocycles. The van der Waals surface area contributed by atoms with Gasteiger partial charge >= 0.3 is 0 Å². The molecule has 4 nitrogen and oxygen atoms in total. The molecule has 2 heterocycles. The molecular formula is C55H48N4. The third kappa shape index (κ3) is 6.22. The van der Waals surface area contributed by atoms with Crippen LogP contribution in [-0.2, 0) is 10.8 Å². The van der Waals surface area contributed by atoms with Crippen LogP contribution in [0.15, 0.2) is 188 Å². The van der Waals surface area contributed by atoms with Crippen molar-refractivity contribution in [3.63, 3.8) is 0 Å². The fourth-order valence-electron chi connectivity index (χ4n) is 9.55. The Labute approximate surface area is 347 Å². The Balaban J connectivity index is 1.08. The monoisotopic (exact) mass is 764 g/mol. The van der Waals surface area contributed by atoms with Gasteiger partial charge in [0.1, 0.15) is 0 Å². The van der Waals surface area contributed by atoms with E-state index in [4.69, 9.17) is 16.5 Å². The first kappa shape index (κ1) is 36.6. The normalized spacial score (nSPS) is 18.2. The Morgan fingerprint density at radius 3 is 1.90 bits per heavy atom. The molecule has 2 aromatic heterocycles. The van der Waals surface area contributed by atoms with E-state index in [1.807, 2.05) is 12.4 Å². The fourth-order valence-corrected chi connectivity index (χ4v) is 9.55. The van der Waals surface area contributed by atoms with Crippen LogP contribution in [0.1, 0.15) is 69.2 Å². The van der Waals surface area contributed by atoms with Crippen LogP contribution in [0, 0.1) is 0 Å². The quantitative estimate of drug-likeness (QED) is 0.169. The summed E-state index contributed by atoms with van der Waals surface area (Å²) in [6, 6.07) is 45.9. The smallest absolute Gasteiger partial charge is 0.0723 e. The number of hydrogen-bond donors (Lipinski definition) is 0. The molecule has 3 aliphatic carbocycles. The predicted molar refractivity (Wildman–Crippen MR) is 249 cm³/mol. The van der Waals surface area contributed by atoms with E-state index in [9.17, 15) is 0 Å². The second kappa shape index (κ2) is 14.2. The zero-order valence-electron chi connectivity index (χ0n) is 34.3. The highest BCUT2D eigenvalue weighted by molar-refractivity contribution is 5.99. The van der Waals surface area contributed by atoms with Gasteiger partial charge in [-0.25, -0.2) is 0 Å². The number of rotatable bonds is 6. The van der Waals surface area contributed by atoms with E-state index in [0.29, 0.717) is 0 Å². The number of benzene rings is 5. The number of para-hydroxylation sites is 3. The van der Waals surface area contributed by atoms with Crippen molar-refractivity contribution in [3.8, 4) is 0 Å². The van der Waals surface area contributed by atoms with Crippen molar-refractivity contribution >= 4 is 61.4 Å². The van der Waals surface area contributed by atoms with Crippen LogP contribution in [0.25, 0.3) is 33.0 Å². The summed E-state index contributed by atoms with van der Waals surface area (Å²) in [5.41, 5.74) is 17.2. The molecule has 0 aliphatic heterocycles. The van der Waals surface area contributed by atoms with Crippen molar-refractivity contribution in [1.82, 2.24) is 9.97 Å². The molecule has 0 N–H and O–H groups in total. The van der Waals surface area contributed by atoms with Crippen LogP contribution >= 0.6 is 0 Å². The summed E-state index contributed by atoms with van der Waals surface area (Å²) < 4.78 is 0. The average Bonchev–Trinajstić information content (AvgIpc) is 3.49. The van der Waals surface area contributed by atoms with Gasteiger partial charge < -0.3 is 9.80 Å². The number of fused-ring (bicyclic) bond motifs is 6. The average molecular weight is 765 g/mol. The van der Waals surface area contributed by atoms with Crippen molar-refractivity contribution in [2.45, 2.75) is 57.8 Å².